The highest BCUT2D eigenvalue weighted by atomic mass is 19.1. The number of halogens is 2. The summed E-state index contributed by atoms with van der Waals surface area (Å²) in [6.45, 7) is 5.23. The van der Waals surface area contributed by atoms with Crippen LogP contribution in [-0.4, -0.2) is 43.0 Å². The van der Waals surface area contributed by atoms with Gasteiger partial charge < -0.3 is 11.1 Å². The number of benzene rings is 4. The molecule has 0 saturated carbocycles. The van der Waals surface area contributed by atoms with Crippen LogP contribution in [0.15, 0.2) is 139 Å². The normalized spacial score (nSPS) is 15.2. The predicted octanol–water partition coefficient (Wildman–Crippen LogP) is 6.86. The minimum atomic E-state index is -0.505. The van der Waals surface area contributed by atoms with Crippen LogP contribution in [0.2, 0.25) is 0 Å². The summed E-state index contributed by atoms with van der Waals surface area (Å²) < 4.78 is 28.2. The third-order valence-corrected chi connectivity index (χ3v) is 8.11. The van der Waals surface area contributed by atoms with Crippen LogP contribution in [0.3, 0.4) is 0 Å². The van der Waals surface area contributed by atoms with E-state index in [2.05, 4.69) is 34.5 Å². The molecule has 1 amide bonds. The Kier molecular flexibility index (Phi) is 10.3. The molecule has 1 aliphatic rings. The van der Waals surface area contributed by atoms with E-state index in [0.717, 1.165) is 59.6 Å². The maximum atomic E-state index is 14.1. The number of hydrogen-bond acceptors (Lipinski definition) is 3. The second kappa shape index (κ2) is 14.7. The van der Waals surface area contributed by atoms with Crippen molar-refractivity contribution in [2.75, 3.05) is 26.2 Å². The fourth-order valence-corrected chi connectivity index (χ4v) is 5.73. The Morgan fingerprint density at radius 2 is 1.23 bits per heavy atom. The number of nitrogens with two attached hydrogens (primary N) is 1. The summed E-state index contributed by atoms with van der Waals surface area (Å²) in [5, 5.41) is 3.36. The number of carbonyl (C=O) groups excluding carboxylic acids is 1. The Morgan fingerprint density at radius 3 is 1.68 bits per heavy atom. The zero-order valence-corrected chi connectivity index (χ0v) is 24.8. The van der Waals surface area contributed by atoms with Crippen LogP contribution in [0.1, 0.15) is 35.1 Å². The molecule has 1 heterocycles. The SMILES string of the molecule is CC(C(=CC(=CC=C(c1ccccc1)c1ccccc1)C(c1ccc(F)cc1)c1ccc(F)cc1)C(N)=O)N1CCNCC1. The molecular weight excluding hydrogens is 552 g/mol. The highest BCUT2D eigenvalue weighted by Gasteiger charge is 2.26. The van der Waals surface area contributed by atoms with Crippen molar-refractivity contribution in [1.29, 1.82) is 0 Å². The molecule has 0 aliphatic carbocycles. The first-order valence-corrected chi connectivity index (χ1v) is 14.9. The lowest BCUT2D eigenvalue weighted by molar-refractivity contribution is -0.115. The molecule has 1 saturated heterocycles. The fraction of sp³-hybridized carbons (Fsp3) is 0.184. The van der Waals surface area contributed by atoms with Crippen LogP contribution >= 0.6 is 0 Å². The van der Waals surface area contributed by atoms with Gasteiger partial charge in [-0.25, -0.2) is 8.78 Å². The van der Waals surface area contributed by atoms with Crippen LogP contribution < -0.4 is 11.1 Å². The van der Waals surface area contributed by atoms with Crippen molar-refractivity contribution in [2.45, 2.75) is 18.9 Å². The maximum Gasteiger partial charge on any atom is 0.246 e. The summed E-state index contributed by atoms with van der Waals surface area (Å²) in [6, 6.07) is 32.5. The second-order valence-electron chi connectivity index (χ2n) is 10.9. The summed E-state index contributed by atoms with van der Waals surface area (Å²) >= 11 is 0. The quantitative estimate of drug-likeness (QED) is 0.157. The van der Waals surface area contributed by atoms with Crippen molar-refractivity contribution in [2.24, 2.45) is 5.73 Å². The molecule has 4 aromatic carbocycles. The molecule has 1 unspecified atom stereocenters. The van der Waals surface area contributed by atoms with Crippen LogP contribution in [0, 0.1) is 11.6 Å². The number of nitrogens with zero attached hydrogens (tertiary/aromatic N) is 1. The van der Waals surface area contributed by atoms with Gasteiger partial charge >= 0.3 is 0 Å². The Balaban J connectivity index is 1.74. The van der Waals surface area contributed by atoms with E-state index in [1.807, 2.05) is 61.5 Å². The van der Waals surface area contributed by atoms with Gasteiger partial charge in [-0.15, -0.1) is 0 Å². The van der Waals surface area contributed by atoms with Crippen molar-refractivity contribution in [1.82, 2.24) is 10.2 Å². The van der Waals surface area contributed by atoms with E-state index in [4.69, 9.17) is 5.73 Å². The average Bonchev–Trinajstić information content (AvgIpc) is 3.06. The van der Waals surface area contributed by atoms with Gasteiger partial charge in [0.2, 0.25) is 5.91 Å². The molecule has 3 N–H and O–H groups in total. The molecule has 5 rings (SSSR count). The van der Waals surface area contributed by atoms with Crippen molar-refractivity contribution >= 4 is 11.5 Å². The third kappa shape index (κ3) is 7.64. The number of allylic oxidation sites excluding steroid dienone is 4. The molecule has 0 aromatic heterocycles. The first-order valence-electron chi connectivity index (χ1n) is 14.9. The molecule has 0 radical (unpaired) electrons. The van der Waals surface area contributed by atoms with Crippen LogP contribution in [0.4, 0.5) is 8.78 Å². The van der Waals surface area contributed by atoms with Crippen LogP contribution in [-0.2, 0) is 4.79 Å². The van der Waals surface area contributed by atoms with Crippen LogP contribution in [0.25, 0.3) is 5.57 Å². The Labute approximate surface area is 258 Å². The Bertz CT molecular complexity index is 1540. The van der Waals surface area contributed by atoms with Crippen molar-refractivity contribution in [3.63, 3.8) is 0 Å². The van der Waals surface area contributed by atoms with E-state index in [0.29, 0.717) is 5.57 Å². The molecule has 1 atom stereocenters. The highest BCUT2D eigenvalue weighted by Crippen LogP contribution is 2.35. The monoisotopic (exact) mass is 589 g/mol. The van der Waals surface area contributed by atoms with Gasteiger partial charge in [-0.3, -0.25) is 9.69 Å². The molecule has 0 spiro atoms. The first kappa shape index (κ1) is 30.8. The van der Waals surface area contributed by atoms with E-state index in [9.17, 15) is 13.6 Å². The third-order valence-electron chi connectivity index (χ3n) is 8.11. The number of piperazine rings is 1. The molecule has 1 aliphatic heterocycles. The van der Waals surface area contributed by atoms with Gasteiger partial charge in [0.15, 0.2) is 0 Å². The summed E-state index contributed by atoms with van der Waals surface area (Å²) in [7, 11) is 0. The van der Waals surface area contributed by atoms with E-state index in [1.165, 1.54) is 24.3 Å². The topological polar surface area (TPSA) is 58.4 Å². The molecule has 4 nitrogen and oxygen atoms in total. The maximum absolute atomic E-state index is 14.1. The average molecular weight is 590 g/mol. The van der Waals surface area contributed by atoms with Gasteiger partial charge in [-0.05, 0) is 70.7 Å². The lowest BCUT2D eigenvalue weighted by atomic mass is 9.82. The number of amides is 1. The summed E-state index contributed by atoms with van der Waals surface area (Å²) in [4.78, 5) is 15.3. The predicted molar refractivity (Wildman–Crippen MR) is 174 cm³/mol. The molecule has 6 heteroatoms. The van der Waals surface area contributed by atoms with Crippen molar-refractivity contribution in [3.8, 4) is 0 Å². The number of primary amides is 1. The van der Waals surface area contributed by atoms with Gasteiger partial charge in [-0.2, -0.15) is 0 Å². The zero-order valence-electron chi connectivity index (χ0n) is 24.8. The van der Waals surface area contributed by atoms with Gasteiger partial charge in [0.05, 0.1) is 0 Å². The summed E-state index contributed by atoms with van der Waals surface area (Å²) in [5.41, 5.74) is 11.9. The van der Waals surface area contributed by atoms with Gasteiger partial charge in [0.1, 0.15) is 11.6 Å². The number of nitrogens with one attached hydrogen (secondary N) is 1. The fourth-order valence-electron chi connectivity index (χ4n) is 5.73. The highest BCUT2D eigenvalue weighted by molar-refractivity contribution is 5.94. The minimum absolute atomic E-state index is 0.230. The smallest absolute Gasteiger partial charge is 0.246 e. The molecular formula is C38H37F2N3O. The van der Waals surface area contributed by atoms with Crippen LogP contribution in [0.5, 0.6) is 0 Å². The largest absolute Gasteiger partial charge is 0.366 e. The second-order valence-corrected chi connectivity index (χ2v) is 10.9. The van der Waals surface area contributed by atoms with E-state index >= 15 is 0 Å². The Morgan fingerprint density at radius 1 is 0.750 bits per heavy atom. The number of carbonyl (C=O) groups is 1. The summed E-state index contributed by atoms with van der Waals surface area (Å²) in [6.07, 6.45) is 5.92. The Hall–Kier alpha value is -4.65. The number of hydrogen-bond donors (Lipinski definition) is 2. The standard InChI is InChI=1S/C38H37F2N3O/c1-27(43-24-22-42-23-25-43)36(38(41)44)26-32(16-21-35(28-8-4-2-5-9-28)29-10-6-3-7-11-29)37(30-12-17-33(39)18-13-30)31-14-19-34(40)20-15-31/h2-21,26-27,37,42H,22-25H2,1H3,(H2,41,44). The van der Waals surface area contributed by atoms with Gasteiger partial charge in [-0.1, -0.05) is 97.1 Å². The van der Waals surface area contributed by atoms with E-state index < -0.39 is 11.8 Å². The first-order chi connectivity index (χ1) is 21.4. The molecule has 44 heavy (non-hydrogen) atoms. The number of rotatable bonds is 10. The molecule has 224 valence electrons. The lowest BCUT2D eigenvalue weighted by Gasteiger charge is -2.33. The summed E-state index contributed by atoms with van der Waals surface area (Å²) in [5.74, 6) is -1.65. The van der Waals surface area contributed by atoms with Gasteiger partial charge in [0, 0.05) is 43.7 Å². The minimum Gasteiger partial charge on any atom is -0.366 e. The van der Waals surface area contributed by atoms with E-state index in [1.54, 1.807) is 24.3 Å². The van der Waals surface area contributed by atoms with Crippen molar-refractivity contribution in [3.05, 3.63) is 172 Å². The molecule has 0 bridgehead atoms. The van der Waals surface area contributed by atoms with Gasteiger partial charge in [0.25, 0.3) is 0 Å². The zero-order chi connectivity index (χ0) is 30.9. The molecule has 4 aromatic rings. The lowest BCUT2D eigenvalue weighted by Crippen LogP contribution is -2.49. The molecule has 1 fully saturated rings. The van der Waals surface area contributed by atoms with Crippen molar-refractivity contribution < 1.29 is 13.6 Å². The van der Waals surface area contributed by atoms with E-state index in [-0.39, 0.29) is 17.7 Å².